The van der Waals surface area contributed by atoms with Crippen molar-refractivity contribution < 1.29 is 9.50 Å². The minimum absolute atomic E-state index is 0.298. The maximum absolute atomic E-state index is 13.9. The van der Waals surface area contributed by atoms with Crippen molar-refractivity contribution in [2.24, 2.45) is 0 Å². The zero-order valence-electron chi connectivity index (χ0n) is 11.4. The molecule has 1 N–H and O–H groups in total. The van der Waals surface area contributed by atoms with E-state index < -0.39 is 5.60 Å². The summed E-state index contributed by atoms with van der Waals surface area (Å²) in [5, 5.41) is 10.7. The largest absolute Gasteiger partial charge is 0.385 e. The van der Waals surface area contributed by atoms with Crippen LogP contribution in [0.5, 0.6) is 0 Å². The van der Waals surface area contributed by atoms with Gasteiger partial charge in [-0.2, -0.15) is 0 Å². The van der Waals surface area contributed by atoms with Gasteiger partial charge in [0, 0.05) is 5.56 Å². The molecular formula is C18H19FO. The molecule has 0 radical (unpaired) electrons. The highest BCUT2D eigenvalue weighted by atomic mass is 19.1. The van der Waals surface area contributed by atoms with Crippen molar-refractivity contribution in [3.8, 4) is 0 Å². The Morgan fingerprint density at radius 2 is 1.50 bits per heavy atom. The second-order valence-corrected chi connectivity index (χ2v) is 5.70. The van der Waals surface area contributed by atoms with Gasteiger partial charge in [0.1, 0.15) is 5.82 Å². The van der Waals surface area contributed by atoms with Gasteiger partial charge in [0.05, 0.1) is 5.60 Å². The summed E-state index contributed by atoms with van der Waals surface area (Å²) in [5.41, 5.74) is 0.769. The van der Waals surface area contributed by atoms with E-state index >= 15 is 0 Å². The maximum Gasteiger partial charge on any atom is 0.129 e. The minimum atomic E-state index is -1.00. The highest BCUT2D eigenvalue weighted by molar-refractivity contribution is 5.27. The van der Waals surface area contributed by atoms with Crippen LogP contribution >= 0.6 is 0 Å². The molecule has 1 saturated carbocycles. The number of halogens is 1. The van der Waals surface area contributed by atoms with Crippen molar-refractivity contribution in [2.75, 3.05) is 0 Å². The topological polar surface area (TPSA) is 20.2 Å². The zero-order valence-corrected chi connectivity index (χ0v) is 11.4. The number of hydrogen-bond acceptors (Lipinski definition) is 1. The Morgan fingerprint density at radius 3 is 2.15 bits per heavy atom. The van der Waals surface area contributed by atoms with Gasteiger partial charge in [0.15, 0.2) is 0 Å². The Hall–Kier alpha value is -1.67. The molecule has 0 aromatic heterocycles. The lowest BCUT2D eigenvalue weighted by molar-refractivity contribution is -0.00867. The van der Waals surface area contributed by atoms with Crippen molar-refractivity contribution in [2.45, 2.75) is 37.2 Å². The van der Waals surface area contributed by atoms with Crippen LogP contribution in [0.4, 0.5) is 4.39 Å². The molecule has 20 heavy (non-hydrogen) atoms. The Labute approximate surface area is 119 Å². The first-order valence-corrected chi connectivity index (χ1v) is 7.21. The average Bonchev–Trinajstić information content (AvgIpc) is 2.49. The highest BCUT2D eigenvalue weighted by Crippen LogP contribution is 2.43. The lowest BCUT2D eigenvalue weighted by Crippen LogP contribution is -2.31. The molecule has 0 amide bonds. The standard InChI is InChI=1S/C18H19FO/c19-17-9-5-4-8-16(17)18(20)12-10-15(11-13-18)14-6-2-1-3-7-14/h1-9,15,20H,10-13H2. The monoisotopic (exact) mass is 270 g/mol. The van der Waals surface area contributed by atoms with Crippen LogP contribution in [0, 0.1) is 5.82 Å². The van der Waals surface area contributed by atoms with Crippen molar-refractivity contribution in [1.29, 1.82) is 0 Å². The quantitative estimate of drug-likeness (QED) is 0.859. The van der Waals surface area contributed by atoms with Gasteiger partial charge in [-0.25, -0.2) is 4.39 Å². The molecule has 1 nitrogen and oxygen atoms in total. The van der Waals surface area contributed by atoms with Crippen LogP contribution in [0.1, 0.15) is 42.7 Å². The second-order valence-electron chi connectivity index (χ2n) is 5.70. The Bertz CT molecular complexity index is 571. The molecule has 3 rings (SSSR count). The van der Waals surface area contributed by atoms with E-state index in [0.29, 0.717) is 24.3 Å². The fourth-order valence-electron chi connectivity index (χ4n) is 3.26. The number of rotatable bonds is 2. The molecule has 0 saturated heterocycles. The molecule has 104 valence electrons. The van der Waals surface area contributed by atoms with Crippen LogP contribution in [0.25, 0.3) is 0 Å². The first-order chi connectivity index (χ1) is 9.69. The van der Waals surface area contributed by atoms with Gasteiger partial charge in [0.25, 0.3) is 0 Å². The van der Waals surface area contributed by atoms with E-state index in [9.17, 15) is 9.50 Å². The third-order valence-electron chi connectivity index (χ3n) is 4.46. The molecule has 0 heterocycles. The van der Waals surface area contributed by atoms with Crippen LogP contribution in [0.3, 0.4) is 0 Å². The summed E-state index contributed by atoms with van der Waals surface area (Å²) < 4.78 is 13.9. The van der Waals surface area contributed by atoms with E-state index in [-0.39, 0.29) is 5.82 Å². The smallest absolute Gasteiger partial charge is 0.129 e. The first-order valence-electron chi connectivity index (χ1n) is 7.21. The van der Waals surface area contributed by atoms with E-state index in [0.717, 1.165) is 12.8 Å². The Balaban J connectivity index is 1.77. The molecule has 1 aliphatic carbocycles. The van der Waals surface area contributed by atoms with E-state index in [1.807, 2.05) is 18.2 Å². The molecule has 0 aliphatic heterocycles. The summed E-state index contributed by atoms with van der Waals surface area (Å²) in [6.45, 7) is 0. The van der Waals surface area contributed by atoms with Crippen LogP contribution in [-0.2, 0) is 5.60 Å². The van der Waals surface area contributed by atoms with Gasteiger partial charge in [0.2, 0.25) is 0 Å². The molecule has 2 aromatic carbocycles. The average molecular weight is 270 g/mol. The summed E-state index contributed by atoms with van der Waals surface area (Å²) >= 11 is 0. The first kappa shape index (κ1) is 13.3. The van der Waals surface area contributed by atoms with E-state index in [2.05, 4.69) is 12.1 Å². The van der Waals surface area contributed by atoms with Crippen molar-refractivity contribution >= 4 is 0 Å². The lowest BCUT2D eigenvalue weighted by Gasteiger charge is -2.36. The fourth-order valence-corrected chi connectivity index (χ4v) is 3.26. The third-order valence-corrected chi connectivity index (χ3v) is 4.46. The van der Waals surface area contributed by atoms with E-state index in [4.69, 9.17) is 0 Å². The third kappa shape index (κ3) is 2.48. The predicted octanol–water partition coefficient (Wildman–Crippen LogP) is 4.37. The molecule has 0 spiro atoms. The zero-order chi connectivity index (χ0) is 14.0. The molecule has 0 bridgehead atoms. The normalized spacial score (nSPS) is 26.4. The second kappa shape index (κ2) is 5.37. The van der Waals surface area contributed by atoms with Gasteiger partial charge >= 0.3 is 0 Å². The van der Waals surface area contributed by atoms with Gasteiger partial charge in [-0.3, -0.25) is 0 Å². The summed E-state index contributed by atoms with van der Waals surface area (Å²) in [7, 11) is 0. The summed E-state index contributed by atoms with van der Waals surface area (Å²) in [6, 6.07) is 17.0. The molecule has 0 unspecified atom stereocenters. The van der Waals surface area contributed by atoms with E-state index in [1.54, 1.807) is 18.2 Å². The van der Waals surface area contributed by atoms with Gasteiger partial charge < -0.3 is 5.11 Å². The lowest BCUT2D eigenvalue weighted by atomic mass is 9.73. The number of hydrogen-bond donors (Lipinski definition) is 1. The predicted molar refractivity (Wildman–Crippen MR) is 77.9 cm³/mol. The van der Waals surface area contributed by atoms with Crippen LogP contribution in [-0.4, -0.2) is 5.11 Å². The number of benzene rings is 2. The molecule has 1 aliphatic rings. The highest BCUT2D eigenvalue weighted by Gasteiger charge is 2.36. The Kier molecular flexibility index (Phi) is 3.58. The maximum atomic E-state index is 13.9. The summed E-state index contributed by atoms with van der Waals surface area (Å²) in [4.78, 5) is 0. The summed E-state index contributed by atoms with van der Waals surface area (Å²) in [6.07, 6.45) is 3.03. The molecular weight excluding hydrogens is 251 g/mol. The van der Waals surface area contributed by atoms with Crippen LogP contribution in [0.2, 0.25) is 0 Å². The van der Waals surface area contributed by atoms with Crippen molar-refractivity contribution in [3.05, 3.63) is 71.5 Å². The van der Waals surface area contributed by atoms with Crippen LogP contribution in [0.15, 0.2) is 54.6 Å². The van der Waals surface area contributed by atoms with Gasteiger partial charge in [-0.1, -0.05) is 48.5 Å². The SMILES string of the molecule is OC1(c2ccccc2F)CCC(c2ccccc2)CC1. The molecule has 1 fully saturated rings. The fraction of sp³-hybridized carbons (Fsp3) is 0.333. The Morgan fingerprint density at radius 1 is 0.900 bits per heavy atom. The van der Waals surface area contributed by atoms with Gasteiger partial charge in [-0.15, -0.1) is 0 Å². The minimum Gasteiger partial charge on any atom is -0.385 e. The van der Waals surface area contributed by atoms with E-state index in [1.165, 1.54) is 11.6 Å². The van der Waals surface area contributed by atoms with Gasteiger partial charge in [-0.05, 0) is 43.2 Å². The molecule has 2 heteroatoms. The van der Waals surface area contributed by atoms with Crippen LogP contribution < -0.4 is 0 Å². The van der Waals surface area contributed by atoms with Crippen molar-refractivity contribution in [3.63, 3.8) is 0 Å². The molecule has 2 aromatic rings. The van der Waals surface area contributed by atoms with Crippen molar-refractivity contribution in [1.82, 2.24) is 0 Å². The number of aliphatic hydroxyl groups is 1. The molecule has 0 atom stereocenters. The summed E-state index contributed by atoms with van der Waals surface area (Å²) in [5.74, 6) is 0.177.